The molecule has 0 bridgehead atoms. The van der Waals surface area contributed by atoms with Crippen molar-refractivity contribution in [2.45, 2.75) is 18.8 Å². The van der Waals surface area contributed by atoms with Crippen LogP contribution in [0.2, 0.25) is 0 Å². The van der Waals surface area contributed by atoms with Crippen LogP contribution in [0.25, 0.3) is 22.0 Å². The molecular weight excluding hydrogens is 629 g/mol. The Morgan fingerprint density at radius 3 is 2.16 bits per heavy atom. The summed E-state index contributed by atoms with van der Waals surface area (Å²) in [6, 6.07) is 37.0. The van der Waals surface area contributed by atoms with Gasteiger partial charge in [0, 0.05) is 37.1 Å². The number of anilines is 1. The fraction of sp³-hybridized carbons (Fsp3) is 0.128. The number of benzene rings is 5. The van der Waals surface area contributed by atoms with E-state index < -0.39 is 23.7 Å². The van der Waals surface area contributed by atoms with Crippen LogP contribution in [0.4, 0.5) is 18.9 Å². The van der Waals surface area contributed by atoms with Gasteiger partial charge in [0.1, 0.15) is 11.7 Å². The molecule has 2 N–H and O–H groups in total. The second-order valence-corrected chi connectivity index (χ2v) is 11.6. The van der Waals surface area contributed by atoms with Crippen LogP contribution in [-0.2, 0) is 24.6 Å². The number of para-hydroxylation sites is 1. The average Bonchev–Trinajstić information content (AvgIpc) is 3.45. The number of hydrogen-bond donors (Lipinski definition) is 2. The predicted molar refractivity (Wildman–Crippen MR) is 184 cm³/mol. The minimum absolute atomic E-state index is 0.248. The van der Waals surface area contributed by atoms with Crippen LogP contribution in [0.3, 0.4) is 0 Å². The highest BCUT2D eigenvalue weighted by Crippen LogP contribution is 2.34. The fourth-order valence-corrected chi connectivity index (χ4v) is 5.67. The topological polar surface area (TPSA) is 75.6 Å². The van der Waals surface area contributed by atoms with E-state index in [-0.39, 0.29) is 5.91 Å². The Hall–Kier alpha value is -6.03. The van der Waals surface area contributed by atoms with Crippen LogP contribution in [0.5, 0.6) is 5.75 Å². The molecule has 5 aromatic carbocycles. The first-order chi connectivity index (χ1) is 23.6. The van der Waals surface area contributed by atoms with Gasteiger partial charge in [-0.3, -0.25) is 9.59 Å². The lowest BCUT2D eigenvalue weighted by Gasteiger charge is -2.25. The van der Waals surface area contributed by atoms with Crippen molar-refractivity contribution < 1.29 is 27.6 Å². The summed E-state index contributed by atoms with van der Waals surface area (Å²) in [7, 11) is 3.49. The van der Waals surface area contributed by atoms with Gasteiger partial charge in [-0.05, 0) is 59.2 Å². The number of carbonyl (C=O) groups is 2. The van der Waals surface area contributed by atoms with E-state index in [1.807, 2.05) is 72.8 Å². The van der Waals surface area contributed by atoms with E-state index in [4.69, 9.17) is 4.84 Å². The lowest BCUT2D eigenvalue weighted by atomic mass is 10.0. The van der Waals surface area contributed by atoms with E-state index in [1.165, 1.54) is 12.1 Å². The Morgan fingerprint density at radius 1 is 0.816 bits per heavy atom. The zero-order valence-electron chi connectivity index (χ0n) is 26.7. The maximum absolute atomic E-state index is 13.7. The monoisotopic (exact) mass is 662 g/mol. The summed E-state index contributed by atoms with van der Waals surface area (Å²) in [5.74, 6) is -0.239. The Balaban J connectivity index is 1.19. The molecule has 49 heavy (non-hydrogen) atoms. The van der Waals surface area contributed by atoms with Gasteiger partial charge in [-0.1, -0.05) is 91.0 Å². The standard InChI is InChI=1S/C39H33F3N4O3/c1-45(25-26-11-5-3-6-12-26)38(48)36(28-13-7-4-8-14-28)43-37(47)34-24-29-23-31(21-22-33(29)46(34)2)44-49-35-16-10-9-15-32(35)27-17-19-30(20-18-27)39(40,41)42/h3-24,36,44H,25H2,1-2H3,(H,43,47). The normalized spacial score (nSPS) is 11.9. The molecule has 1 aromatic heterocycles. The third-order valence-corrected chi connectivity index (χ3v) is 8.26. The van der Waals surface area contributed by atoms with Crippen molar-refractivity contribution in [3.63, 3.8) is 0 Å². The van der Waals surface area contributed by atoms with Gasteiger partial charge >= 0.3 is 6.18 Å². The molecule has 0 saturated carbocycles. The molecule has 6 rings (SSSR count). The fourth-order valence-electron chi connectivity index (χ4n) is 5.67. The molecule has 2 amide bonds. The summed E-state index contributed by atoms with van der Waals surface area (Å²) >= 11 is 0. The number of fused-ring (bicyclic) bond motifs is 1. The molecule has 1 unspecified atom stereocenters. The summed E-state index contributed by atoms with van der Waals surface area (Å²) in [6.45, 7) is 0.388. The van der Waals surface area contributed by atoms with Crippen molar-refractivity contribution >= 4 is 28.4 Å². The number of likely N-dealkylation sites (N-methyl/N-ethyl adjacent to an activating group) is 1. The van der Waals surface area contributed by atoms with Gasteiger partial charge in [-0.25, -0.2) is 5.48 Å². The van der Waals surface area contributed by atoms with Crippen molar-refractivity contribution in [2.24, 2.45) is 7.05 Å². The Kier molecular flexibility index (Phi) is 9.39. The van der Waals surface area contributed by atoms with E-state index in [0.29, 0.717) is 40.4 Å². The van der Waals surface area contributed by atoms with E-state index >= 15 is 0 Å². The highest BCUT2D eigenvalue weighted by Gasteiger charge is 2.30. The molecule has 0 aliphatic carbocycles. The molecule has 10 heteroatoms. The summed E-state index contributed by atoms with van der Waals surface area (Å²) in [5.41, 5.74) is 6.74. The molecule has 1 atom stereocenters. The van der Waals surface area contributed by atoms with Gasteiger partial charge < -0.3 is 19.6 Å². The molecular formula is C39H33F3N4O3. The van der Waals surface area contributed by atoms with Crippen molar-refractivity contribution in [2.75, 3.05) is 12.5 Å². The number of aromatic nitrogens is 1. The molecule has 6 aromatic rings. The summed E-state index contributed by atoms with van der Waals surface area (Å²) in [5, 5.41) is 3.71. The highest BCUT2D eigenvalue weighted by molar-refractivity contribution is 6.01. The molecule has 0 fully saturated rings. The SMILES string of the molecule is CN(Cc1ccccc1)C(=O)C(NC(=O)c1cc2cc(NOc3ccccc3-c3ccc(C(F)(F)F)cc3)ccc2n1C)c1ccccc1. The van der Waals surface area contributed by atoms with Crippen LogP contribution in [0.15, 0.2) is 133 Å². The second-order valence-electron chi connectivity index (χ2n) is 11.6. The molecule has 0 radical (unpaired) electrons. The van der Waals surface area contributed by atoms with Crippen LogP contribution in [0.1, 0.15) is 33.2 Å². The second kappa shape index (κ2) is 14.0. The predicted octanol–water partition coefficient (Wildman–Crippen LogP) is 8.40. The largest absolute Gasteiger partial charge is 0.416 e. The number of carbonyl (C=O) groups excluding carboxylic acids is 2. The van der Waals surface area contributed by atoms with Crippen LogP contribution < -0.4 is 15.6 Å². The summed E-state index contributed by atoms with van der Waals surface area (Å²) in [6.07, 6.45) is -4.42. The number of nitrogens with zero attached hydrogens (tertiary/aromatic N) is 2. The Morgan fingerprint density at radius 2 is 1.47 bits per heavy atom. The molecule has 248 valence electrons. The van der Waals surface area contributed by atoms with Crippen molar-refractivity contribution in [3.05, 3.63) is 156 Å². The lowest BCUT2D eigenvalue weighted by molar-refractivity contribution is -0.137. The molecule has 0 saturated heterocycles. The Bertz CT molecular complexity index is 2080. The number of halogens is 3. The smallest absolute Gasteiger partial charge is 0.382 e. The number of rotatable bonds is 10. The third-order valence-electron chi connectivity index (χ3n) is 8.26. The number of alkyl halides is 3. The zero-order chi connectivity index (χ0) is 34.5. The van der Waals surface area contributed by atoms with Gasteiger partial charge in [-0.2, -0.15) is 13.2 Å². The third kappa shape index (κ3) is 7.43. The number of amides is 2. The zero-order valence-corrected chi connectivity index (χ0v) is 26.7. The summed E-state index contributed by atoms with van der Waals surface area (Å²) in [4.78, 5) is 35.0. The first kappa shape index (κ1) is 32.9. The minimum Gasteiger partial charge on any atom is -0.382 e. The van der Waals surface area contributed by atoms with Crippen molar-refractivity contribution in [1.29, 1.82) is 0 Å². The van der Waals surface area contributed by atoms with Crippen LogP contribution in [-0.4, -0.2) is 28.3 Å². The first-order valence-corrected chi connectivity index (χ1v) is 15.5. The molecule has 1 heterocycles. The molecule has 0 aliphatic rings. The van der Waals surface area contributed by atoms with Crippen molar-refractivity contribution in [1.82, 2.24) is 14.8 Å². The number of hydrogen-bond acceptors (Lipinski definition) is 4. The summed E-state index contributed by atoms with van der Waals surface area (Å²) < 4.78 is 41.0. The number of aryl methyl sites for hydroxylation is 1. The average molecular weight is 663 g/mol. The number of nitrogens with one attached hydrogen (secondary N) is 2. The van der Waals surface area contributed by atoms with E-state index in [0.717, 1.165) is 28.6 Å². The van der Waals surface area contributed by atoms with E-state index in [1.54, 1.807) is 60.0 Å². The van der Waals surface area contributed by atoms with E-state index in [9.17, 15) is 22.8 Å². The van der Waals surface area contributed by atoms with Gasteiger partial charge in [0.05, 0.1) is 11.3 Å². The van der Waals surface area contributed by atoms with Gasteiger partial charge in [-0.15, -0.1) is 0 Å². The first-order valence-electron chi connectivity index (χ1n) is 15.5. The Labute approximate surface area is 281 Å². The van der Waals surface area contributed by atoms with Gasteiger partial charge in [0.15, 0.2) is 5.75 Å². The molecule has 0 aliphatic heterocycles. The van der Waals surface area contributed by atoms with Crippen molar-refractivity contribution in [3.8, 4) is 16.9 Å². The maximum Gasteiger partial charge on any atom is 0.416 e. The maximum atomic E-state index is 13.7. The van der Waals surface area contributed by atoms with Crippen LogP contribution >= 0.6 is 0 Å². The lowest BCUT2D eigenvalue weighted by Crippen LogP contribution is -2.41. The quantitative estimate of drug-likeness (QED) is 0.145. The minimum atomic E-state index is -4.42. The van der Waals surface area contributed by atoms with Gasteiger partial charge in [0.2, 0.25) is 5.91 Å². The van der Waals surface area contributed by atoms with Gasteiger partial charge in [0.25, 0.3) is 5.91 Å². The molecule has 0 spiro atoms. The van der Waals surface area contributed by atoms with E-state index in [2.05, 4.69) is 10.8 Å². The molecule has 7 nitrogen and oxygen atoms in total. The highest BCUT2D eigenvalue weighted by atomic mass is 19.4. The van der Waals surface area contributed by atoms with Crippen LogP contribution in [0, 0.1) is 0 Å².